The lowest BCUT2D eigenvalue weighted by molar-refractivity contribution is -0.394. The number of nitrogens with zero attached hydrogens (tertiary/aromatic N) is 3. The van der Waals surface area contributed by atoms with Gasteiger partial charge in [-0.15, -0.1) is 0 Å². The van der Waals surface area contributed by atoms with Gasteiger partial charge in [0.25, 0.3) is 5.69 Å². The summed E-state index contributed by atoms with van der Waals surface area (Å²) < 4.78 is 0. The topological polar surface area (TPSA) is 119 Å². The van der Waals surface area contributed by atoms with Gasteiger partial charge in [0.1, 0.15) is 0 Å². The molecule has 0 aliphatic heterocycles. The molecule has 0 saturated carbocycles. The van der Waals surface area contributed by atoms with E-state index in [9.17, 15) is 25.3 Å². The van der Waals surface area contributed by atoms with Crippen LogP contribution in [0.15, 0.2) is 35.3 Å². The maximum atomic E-state index is 10.9. The van der Waals surface area contributed by atoms with Gasteiger partial charge in [0.05, 0.1) is 31.6 Å². The third kappa shape index (κ3) is 3.55. The van der Waals surface area contributed by atoms with Crippen LogP contribution in [0, 0.1) is 20.2 Å². The fourth-order valence-corrected chi connectivity index (χ4v) is 2.04. The smallest absolute Gasteiger partial charge is 0.318 e. The molecule has 0 amide bonds. The summed E-state index contributed by atoms with van der Waals surface area (Å²) in [5.74, 6) is -0.734. The third-order valence-corrected chi connectivity index (χ3v) is 3.59. The van der Waals surface area contributed by atoms with Crippen LogP contribution in [0.25, 0.3) is 0 Å². The van der Waals surface area contributed by atoms with Crippen molar-refractivity contribution in [3.05, 3.63) is 66.2 Å². The fraction of sp³-hybridized carbons (Fsp3) is 0. The monoisotopic (exact) mass is 355 g/mol. The van der Waals surface area contributed by atoms with Crippen molar-refractivity contribution in [2.45, 2.75) is 0 Å². The Morgan fingerprint density at radius 3 is 2.43 bits per heavy atom. The molecule has 0 fully saturated rings. The van der Waals surface area contributed by atoms with Crippen LogP contribution in [-0.4, -0.2) is 21.2 Å². The van der Waals surface area contributed by atoms with E-state index >= 15 is 0 Å². The van der Waals surface area contributed by atoms with Gasteiger partial charge in [-0.05, 0) is 12.1 Å². The molecule has 0 radical (unpaired) electrons. The number of aromatic hydroxyl groups is 1. The van der Waals surface area contributed by atoms with Crippen molar-refractivity contribution in [2.75, 3.05) is 0 Å². The van der Waals surface area contributed by atoms with Gasteiger partial charge >= 0.3 is 5.69 Å². The SMILES string of the molecule is O=[N+]([O-])c1cc(C=Nc2cccc(Cl)c2Cl)c(O)c([N+](=O)[O-])c1. The van der Waals surface area contributed by atoms with Gasteiger partial charge in [-0.25, -0.2) is 0 Å². The summed E-state index contributed by atoms with van der Waals surface area (Å²) >= 11 is 11.8. The first-order valence-corrected chi connectivity index (χ1v) is 6.70. The first-order valence-electron chi connectivity index (χ1n) is 5.95. The number of non-ortho nitro benzene ring substituents is 1. The third-order valence-electron chi connectivity index (χ3n) is 2.79. The molecule has 0 bridgehead atoms. The van der Waals surface area contributed by atoms with E-state index in [-0.39, 0.29) is 21.3 Å². The predicted octanol–water partition coefficient (Wildman–Crippen LogP) is 4.27. The van der Waals surface area contributed by atoms with E-state index < -0.39 is 27.0 Å². The number of phenolic OH excluding ortho intramolecular Hbond substituents is 1. The van der Waals surface area contributed by atoms with Gasteiger partial charge in [0.15, 0.2) is 0 Å². The van der Waals surface area contributed by atoms with Crippen molar-refractivity contribution in [3.8, 4) is 5.75 Å². The summed E-state index contributed by atoms with van der Waals surface area (Å²) in [5.41, 5.74) is -1.29. The van der Waals surface area contributed by atoms with Crippen LogP contribution in [0.4, 0.5) is 17.1 Å². The maximum absolute atomic E-state index is 10.9. The number of hydrogen-bond acceptors (Lipinski definition) is 6. The molecule has 2 aromatic carbocycles. The minimum absolute atomic E-state index is 0.143. The standard InChI is InChI=1S/C13H7Cl2N3O5/c14-9-2-1-3-10(12(9)15)16-6-7-4-8(17(20)21)5-11(13(7)19)18(22)23/h1-6,19H. The van der Waals surface area contributed by atoms with Crippen LogP contribution in [0.1, 0.15) is 5.56 Å². The molecule has 118 valence electrons. The molecule has 0 spiro atoms. The molecule has 10 heteroatoms. The molecule has 0 saturated heterocycles. The molecule has 2 rings (SSSR count). The van der Waals surface area contributed by atoms with Gasteiger partial charge < -0.3 is 5.11 Å². The van der Waals surface area contributed by atoms with E-state index in [0.717, 1.165) is 12.3 Å². The highest BCUT2D eigenvalue weighted by molar-refractivity contribution is 6.43. The number of aliphatic imine (C=N–C) groups is 1. The summed E-state index contributed by atoms with van der Waals surface area (Å²) in [6, 6.07) is 6.27. The number of nitro benzene ring substituents is 2. The highest BCUT2D eigenvalue weighted by Crippen LogP contribution is 2.35. The van der Waals surface area contributed by atoms with E-state index in [0.29, 0.717) is 6.07 Å². The van der Waals surface area contributed by atoms with Gasteiger partial charge in [0, 0.05) is 17.8 Å². The fourth-order valence-electron chi connectivity index (χ4n) is 1.70. The highest BCUT2D eigenvalue weighted by Gasteiger charge is 2.23. The Morgan fingerprint density at radius 2 is 1.83 bits per heavy atom. The lowest BCUT2D eigenvalue weighted by Crippen LogP contribution is -1.96. The molecule has 0 aromatic heterocycles. The zero-order valence-corrected chi connectivity index (χ0v) is 12.7. The van der Waals surface area contributed by atoms with Gasteiger partial charge in [-0.3, -0.25) is 25.2 Å². The average molecular weight is 356 g/mol. The number of rotatable bonds is 4. The Morgan fingerprint density at radius 1 is 1.13 bits per heavy atom. The van der Waals surface area contributed by atoms with Crippen LogP contribution < -0.4 is 0 Å². The zero-order chi connectivity index (χ0) is 17.1. The second-order valence-corrected chi connectivity index (χ2v) is 5.03. The normalized spacial score (nSPS) is 10.9. The van der Waals surface area contributed by atoms with Crippen molar-refractivity contribution in [3.63, 3.8) is 0 Å². The van der Waals surface area contributed by atoms with Crippen molar-refractivity contribution < 1.29 is 15.0 Å². The number of phenols is 1. The lowest BCUT2D eigenvalue weighted by atomic mass is 10.1. The Balaban J connectivity index is 2.54. The van der Waals surface area contributed by atoms with Crippen molar-refractivity contribution in [1.29, 1.82) is 0 Å². The number of nitro groups is 2. The summed E-state index contributed by atoms with van der Waals surface area (Å²) in [7, 11) is 0. The summed E-state index contributed by atoms with van der Waals surface area (Å²) in [6.07, 6.45) is 1.03. The van der Waals surface area contributed by atoms with E-state index in [1.54, 1.807) is 12.1 Å². The van der Waals surface area contributed by atoms with Crippen molar-refractivity contribution >= 4 is 46.5 Å². The first kappa shape index (κ1) is 16.7. The van der Waals surface area contributed by atoms with E-state index in [4.69, 9.17) is 23.2 Å². The second-order valence-electron chi connectivity index (χ2n) is 4.25. The number of halogens is 2. The molecule has 1 N–H and O–H groups in total. The Kier molecular flexibility index (Phi) is 4.77. The minimum atomic E-state index is -0.925. The van der Waals surface area contributed by atoms with Crippen LogP contribution in [-0.2, 0) is 0 Å². The van der Waals surface area contributed by atoms with Crippen molar-refractivity contribution in [1.82, 2.24) is 0 Å². The number of hydrogen-bond donors (Lipinski definition) is 1. The molecule has 0 atom stereocenters. The molecule has 0 aliphatic rings. The largest absolute Gasteiger partial charge is 0.502 e. The van der Waals surface area contributed by atoms with Gasteiger partial charge in [-0.2, -0.15) is 0 Å². The van der Waals surface area contributed by atoms with Gasteiger partial charge in [-0.1, -0.05) is 29.3 Å². The highest BCUT2D eigenvalue weighted by atomic mass is 35.5. The first-order chi connectivity index (χ1) is 10.8. The van der Waals surface area contributed by atoms with E-state index in [1.807, 2.05) is 0 Å². The maximum Gasteiger partial charge on any atom is 0.318 e. The molecule has 0 aliphatic carbocycles. The minimum Gasteiger partial charge on any atom is -0.502 e. The van der Waals surface area contributed by atoms with Crippen LogP contribution in [0.3, 0.4) is 0 Å². The molecule has 0 unspecified atom stereocenters. The van der Waals surface area contributed by atoms with Crippen LogP contribution in [0.5, 0.6) is 5.75 Å². The quantitative estimate of drug-likeness (QED) is 0.498. The van der Waals surface area contributed by atoms with Crippen LogP contribution in [0.2, 0.25) is 10.0 Å². The van der Waals surface area contributed by atoms with Gasteiger partial charge in [0.2, 0.25) is 5.75 Å². The molecular formula is C13H7Cl2N3O5. The summed E-state index contributed by atoms with van der Waals surface area (Å²) in [5, 5.41) is 31.9. The number of benzene rings is 2. The van der Waals surface area contributed by atoms with Crippen molar-refractivity contribution in [2.24, 2.45) is 4.99 Å². The molecule has 23 heavy (non-hydrogen) atoms. The van der Waals surface area contributed by atoms with E-state index in [1.165, 1.54) is 6.07 Å². The van der Waals surface area contributed by atoms with Crippen LogP contribution >= 0.6 is 23.2 Å². The predicted molar refractivity (Wildman–Crippen MR) is 85.1 cm³/mol. The zero-order valence-electron chi connectivity index (χ0n) is 11.1. The summed E-state index contributed by atoms with van der Waals surface area (Å²) in [4.78, 5) is 23.9. The average Bonchev–Trinajstić information content (AvgIpc) is 2.49. The Bertz CT molecular complexity index is 839. The summed E-state index contributed by atoms with van der Waals surface area (Å²) in [6.45, 7) is 0. The second kappa shape index (κ2) is 6.59. The lowest BCUT2D eigenvalue weighted by Gasteiger charge is -2.02. The molecule has 8 nitrogen and oxygen atoms in total. The molecular weight excluding hydrogens is 349 g/mol. The Hall–Kier alpha value is -2.71. The van der Waals surface area contributed by atoms with E-state index in [2.05, 4.69) is 4.99 Å². The molecule has 0 heterocycles. The Labute approximate surface area is 138 Å². The molecule has 2 aromatic rings.